The van der Waals surface area contributed by atoms with E-state index in [2.05, 4.69) is 10.2 Å². The molecule has 1 aliphatic carbocycles. The molecule has 5 heteroatoms. The Morgan fingerprint density at radius 1 is 1.32 bits per heavy atom. The third-order valence-corrected chi connectivity index (χ3v) is 4.77. The minimum Gasteiger partial charge on any atom is -0.389 e. The normalized spacial score (nSPS) is 34.0. The Bertz CT molecular complexity index is 676. The van der Waals surface area contributed by atoms with Crippen LogP contribution < -0.4 is 0 Å². The smallest absolute Gasteiger partial charge is 0.136 e. The van der Waals surface area contributed by atoms with Crippen molar-refractivity contribution < 1.29 is 14.3 Å². The first kappa shape index (κ1) is 15.0. The summed E-state index contributed by atoms with van der Waals surface area (Å²) < 4.78 is 13.2. The zero-order valence-electron chi connectivity index (χ0n) is 12.9. The minimum atomic E-state index is -1.18. The van der Waals surface area contributed by atoms with Gasteiger partial charge in [0.15, 0.2) is 0 Å². The topological polar surface area (TPSA) is 62.0 Å². The Labute approximate surface area is 128 Å². The average molecular weight is 302 g/mol. The molecule has 0 bridgehead atoms. The lowest BCUT2D eigenvalue weighted by molar-refractivity contribution is -0.131. The van der Waals surface area contributed by atoms with E-state index in [9.17, 15) is 14.3 Å². The van der Waals surface area contributed by atoms with Crippen LogP contribution >= 0.6 is 0 Å². The zero-order chi connectivity index (χ0) is 16.1. The predicted molar refractivity (Wildman–Crippen MR) is 82.6 cm³/mol. The van der Waals surface area contributed by atoms with Gasteiger partial charge >= 0.3 is 0 Å². The third-order valence-electron chi connectivity index (χ3n) is 4.77. The second-order valence-electron chi connectivity index (χ2n) is 6.51. The van der Waals surface area contributed by atoms with Crippen molar-refractivity contribution in [3.8, 4) is 0 Å². The molecule has 1 aliphatic heterocycles. The highest BCUT2D eigenvalue weighted by molar-refractivity contribution is 6.12. The molecular weight excluding hydrogens is 283 g/mol. The molecule has 22 heavy (non-hydrogen) atoms. The van der Waals surface area contributed by atoms with E-state index in [-0.39, 0.29) is 23.4 Å². The average Bonchev–Trinajstić information content (AvgIpc) is 2.77. The molecule has 1 saturated carbocycles. The van der Waals surface area contributed by atoms with Crippen LogP contribution in [0.4, 0.5) is 4.39 Å². The lowest BCUT2D eigenvalue weighted by atomic mass is 9.59. The molecule has 116 valence electrons. The molecule has 0 saturated heterocycles. The number of aliphatic hydroxyl groups is 1. The molecule has 0 radical (unpaired) electrons. The van der Waals surface area contributed by atoms with Crippen molar-refractivity contribution in [3.05, 3.63) is 35.6 Å². The van der Waals surface area contributed by atoms with Crippen LogP contribution in [0.3, 0.4) is 0 Å². The van der Waals surface area contributed by atoms with Gasteiger partial charge in [-0.3, -0.25) is 4.79 Å². The van der Waals surface area contributed by atoms with Crippen LogP contribution in [0.1, 0.15) is 38.7 Å². The van der Waals surface area contributed by atoms with Crippen molar-refractivity contribution in [2.45, 2.75) is 38.7 Å². The van der Waals surface area contributed by atoms with E-state index in [1.165, 1.54) is 19.1 Å². The summed E-state index contributed by atoms with van der Waals surface area (Å²) in [6.45, 7) is 5.05. The Hall–Kier alpha value is -1.88. The van der Waals surface area contributed by atoms with Crippen molar-refractivity contribution >= 4 is 17.2 Å². The van der Waals surface area contributed by atoms with Crippen molar-refractivity contribution in [1.29, 1.82) is 0 Å². The highest BCUT2D eigenvalue weighted by Gasteiger charge is 2.53. The van der Waals surface area contributed by atoms with Gasteiger partial charge in [0.1, 0.15) is 11.6 Å². The summed E-state index contributed by atoms with van der Waals surface area (Å²) in [6.07, 6.45) is 0.334. The Kier molecular flexibility index (Phi) is 3.48. The number of carbonyl (C=O) groups is 1. The Balaban J connectivity index is 2.14. The fourth-order valence-corrected chi connectivity index (χ4v) is 3.94. The van der Waals surface area contributed by atoms with Crippen molar-refractivity contribution in [3.63, 3.8) is 0 Å². The fraction of sp³-hybridized carbons (Fsp3) is 0.471. The second kappa shape index (κ2) is 5.09. The van der Waals surface area contributed by atoms with Crippen LogP contribution in [0, 0.1) is 17.7 Å². The van der Waals surface area contributed by atoms with Gasteiger partial charge in [-0.15, -0.1) is 0 Å². The lowest BCUT2D eigenvalue weighted by Crippen LogP contribution is -2.53. The van der Waals surface area contributed by atoms with E-state index < -0.39 is 11.5 Å². The molecule has 0 aromatic heterocycles. The summed E-state index contributed by atoms with van der Waals surface area (Å²) >= 11 is 0. The van der Waals surface area contributed by atoms with Gasteiger partial charge in [0.2, 0.25) is 0 Å². The molecular formula is C17H19FN2O2. The second-order valence-corrected chi connectivity index (χ2v) is 6.51. The van der Waals surface area contributed by atoms with Crippen LogP contribution in [0.15, 0.2) is 34.5 Å². The first-order valence-corrected chi connectivity index (χ1v) is 7.40. The zero-order valence-corrected chi connectivity index (χ0v) is 12.9. The number of fused-ring (bicyclic) bond motifs is 1. The van der Waals surface area contributed by atoms with Crippen LogP contribution in [0.5, 0.6) is 0 Å². The predicted octanol–water partition coefficient (Wildman–Crippen LogP) is 2.72. The molecule has 0 unspecified atom stereocenters. The maximum absolute atomic E-state index is 13.2. The lowest BCUT2D eigenvalue weighted by Gasteiger charge is -2.45. The summed E-state index contributed by atoms with van der Waals surface area (Å²) in [5.41, 5.74) is 1.29. The van der Waals surface area contributed by atoms with Crippen LogP contribution in [0.25, 0.3) is 0 Å². The van der Waals surface area contributed by atoms with Gasteiger partial charge in [0, 0.05) is 24.0 Å². The van der Waals surface area contributed by atoms with Gasteiger partial charge in [0.25, 0.3) is 0 Å². The number of hydrogen-bond acceptors (Lipinski definition) is 4. The summed E-state index contributed by atoms with van der Waals surface area (Å²) in [5, 5.41) is 19.1. The number of Topliss-reactive ketones (excluding diaryl/α,β-unsaturated/α-hetero) is 1. The molecule has 2 aliphatic rings. The van der Waals surface area contributed by atoms with Crippen LogP contribution in [0.2, 0.25) is 0 Å². The number of ketones is 1. The maximum atomic E-state index is 13.2. The van der Waals surface area contributed by atoms with E-state index in [4.69, 9.17) is 0 Å². The van der Waals surface area contributed by atoms with E-state index in [1.54, 1.807) is 19.1 Å². The summed E-state index contributed by atoms with van der Waals surface area (Å²) in [7, 11) is 0. The highest BCUT2D eigenvalue weighted by atomic mass is 19.1. The van der Waals surface area contributed by atoms with Gasteiger partial charge in [-0.05, 0) is 38.5 Å². The number of nitrogens with zero attached hydrogens (tertiary/aromatic N) is 2. The van der Waals surface area contributed by atoms with Gasteiger partial charge in [-0.25, -0.2) is 4.39 Å². The van der Waals surface area contributed by atoms with E-state index in [0.29, 0.717) is 6.42 Å². The summed E-state index contributed by atoms with van der Waals surface area (Å²) in [5.74, 6) is -1.33. The minimum absolute atomic E-state index is 0.0712. The molecule has 1 aromatic rings. The molecule has 1 N–H and O–H groups in total. The Morgan fingerprint density at radius 2 is 1.95 bits per heavy atom. The largest absolute Gasteiger partial charge is 0.389 e. The number of carbonyl (C=O) groups excluding carboxylic acids is 1. The van der Waals surface area contributed by atoms with Crippen molar-refractivity contribution in [2.24, 2.45) is 22.0 Å². The third kappa shape index (κ3) is 2.29. The highest BCUT2D eigenvalue weighted by Crippen LogP contribution is 2.48. The Morgan fingerprint density at radius 3 is 2.55 bits per heavy atom. The molecule has 4 nitrogen and oxygen atoms in total. The molecule has 4 atom stereocenters. The molecule has 0 spiro atoms. The van der Waals surface area contributed by atoms with Crippen LogP contribution in [-0.2, 0) is 4.79 Å². The maximum Gasteiger partial charge on any atom is 0.136 e. The van der Waals surface area contributed by atoms with Crippen LogP contribution in [-0.4, -0.2) is 27.9 Å². The monoisotopic (exact) mass is 302 g/mol. The molecule has 0 amide bonds. The fourth-order valence-electron chi connectivity index (χ4n) is 3.94. The first-order chi connectivity index (χ1) is 10.3. The van der Waals surface area contributed by atoms with Gasteiger partial charge < -0.3 is 5.11 Å². The summed E-state index contributed by atoms with van der Waals surface area (Å²) in [6, 6.07) is 6.13. The standard InChI is InChI=1S/C17H19FN2O2/c1-9-14-13(20-19-9)8-17(3,22)16(10(2)21)15(14)11-4-6-12(18)7-5-11/h4-7,14-16,22H,8H2,1-3H3/t14-,15-,16+,17+/m0/s1. The van der Waals surface area contributed by atoms with E-state index in [1.807, 2.05) is 6.92 Å². The molecule has 3 rings (SSSR count). The molecule has 1 aromatic carbocycles. The molecule has 1 fully saturated rings. The molecule has 1 heterocycles. The summed E-state index contributed by atoms with van der Waals surface area (Å²) in [4.78, 5) is 12.2. The quantitative estimate of drug-likeness (QED) is 0.913. The van der Waals surface area contributed by atoms with Gasteiger partial charge in [-0.1, -0.05) is 12.1 Å². The number of rotatable bonds is 2. The number of halogens is 1. The van der Waals surface area contributed by atoms with Gasteiger partial charge in [0.05, 0.1) is 17.2 Å². The SMILES string of the molecule is CC(=O)[C@@H]1[C@@H](c2ccc(F)cc2)[C@H]2C(C)=NN=C2C[C@@]1(C)O. The first-order valence-electron chi connectivity index (χ1n) is 7.40. The van der Waals surface area contributed by atoms with E-state index in [0.717, 1.165) is 17.0 Å². The van der Waals surface area contributed by atoms with Crippen molar-refractivity contribution in [1.82, 2.24) is 0 Å². The number of benzene rings is 1. The van der Waals surface area contributed by atoms with Gasteiger partial charge in [-0.2, -0.15) is 10.2 Å². The number of hydrogen-bond donors (Lipinski definition) is 1. The van der Waals surface area contributed by atoms with Crippen molar-refractivity contribution in [2.75, 3.05) is 0 Å². The van der Waals surface area contributed by atoms with E-state index >= 15 is 0 Å².